The molecule has 5 heteroatoms. The van der Waals surface area contributed by atoms with E-state index in [9.17, 15) is 0 Å². The van der Waals surface area contributed by atoms with E-state index in [0.717, 1.165) is 29.0 Å². The van der Waals surface area contributed by atoms with Crippen molar-refractivity contribution in [2.45, 2.75) is 31.8 Å². The van der Waals surface area contributed by atoms with Gasteiger partial charge in [-0.15, -0.1) is 11.3 Å². The van der Waals surface area contributed by atoms with Gasteiger partial charge in [0.15, 0.2) is 17.6 Å². The first-order valence-electron chi connectivity index (χ1n) is 7.78. The van der Waals surface area contributed by atoms with Crippen LogP contribution in [-0.4, -0.2) is 58.1 Å². The van der Waals surface area contributed by atoms with E-state index < -0.39 is 0 Å². The monoisotopic (exact) mass is 314 g/mol. The topological polar surface area (TPSA) is 27.7 Å². The van der Waals surface area contributed by atoms with Gasteiger partial charge < -0.3 is 18.7 Å². The van der Waals surface area contributed by atoms with Crippen molar-refractivity contribution in [2.24, 2.45) is 0 Å². The molecule has 0 amide bonds. The van der Waals surface area contributed by atoms with Gasteiger partial charge in [0.05, 0.1) is 34.3 Å². The molecule has 2 rings (SSSR count). The molecule has 1 aromatic rings. The minimum atomic E-state index is 0.0327. The average molecular weight is 314 g/mol. The highest BCUT2D eigenvalue weighted by Gasteiger charge is 2.21. The van der Waals surface area contributed by atoms with Crippen molar-refractivity contribution < 1.29 is 18.7 Å². The SMILES string of the molecule is C[N+](C)(C)CCCCCCOCC1COc2cscc2O1. The van der Waals surface area contributed by atoms with Gasteiger partial charge in [0.2, 0.25) is 0 Å². The molecule has 21 heavy (non-hydrogen) atoms. The number of ether oxygens (including phenoxy) is 3. The molecule has 2 heterocycles. The summed E-state index contributed by atoms with van der Waals surface area (Å²) in [5.74, 6) is 1.73. The lowest BCUT2D eigenvalue weighted by molar-refractivity contribution is -0.870. The molecule has 0 saturated carbocycles. The van der Waals surface area contributed by atoms with Gasteiger partial charge in [-0.25, -0.2) is 0 Å². The van der Waals surface area contributed by atoms with Crippen LogP contribution in [0.15, 0.2) is 10.8 Å². The van der Waals surface area contributed by atoms with Crippen LogP contribution in [0.1, 0.15) is 25.7 Å². The van der Waals surface area contributed by atoms with Crippen LogP contribution in [-0.2, 0) is 4.74 Å². The van der Waals surface area contributed by atoms with Crippen LogP contribution in [0.3, 0.4) is 0 Å². The zero-order valence-electron chi connectivity index (χ0n) is 13.5. The first kappa shape index (κ1) is 16.6. The highest BCUT2D eigenvalue weighted by molar-refractivity contribution is 7.08. The third-order valence-electron chi connectivity index (χ3n) is 3.48. The van der Waals surface area contributed by atoms with Crippen molar-refractivity contribution in [1.29, 1.82) is 0 Å². The largest absolute Gasteiger partial charge is 0.485 e. The van der Waals surface area contributed by atoms with E-state index in [-0.39, 0.29) is 6.10 Å². The third kappa shape index (κ3) is 6.24. The lowest BCUT2D eigenvalue weighted by Crippen LogP contribution is -2.35. The maximum Gasteiger partial charge on any atom is 0.172 e. The summed E-state index contributed by atoms with van der Waals surface area (Å²) < 4.78 is 18.2. The quantitative estimate of drug-likeness (QED) is 0.517. The molecule has 0 aliphatic carbocycles. The van der Waals surface area contributed by atoms with Gasteiger partial charge >= 0.3 is 0 Å². The van der Waals surface area contributed by atoms with Crippen LogP contribution in [0.2, 0.25) is 0 Å². The van der Waals surface area contributed by atoms with Crippen molar-refractivity contribution in [3.8, 4) is 11.5 Å². The minimum Gasteiger partial charge on any atom is -0.485 e. The molecule has 1 aliphatic rings. The Morgan fingerprint density at radius 1 is 1.14 bits per heavy atom. The van der Waals surface area contributed by atoms with E-state index in [4.69, 9.17) is 14.2 Å². The number of thiophene rings is 1. The number of quaternary nitrogens is 1. The van der Waals surface area contributed by atoms with Crippen molar-refractivity contribution in [1.82, 2.24) is 0 Å². The Balaban J connectivity index is 1.46. The number of hydrogen-bond donors (Lipinski definition) is 0. The van der Waals surface area contributed by atoms with Crippen LogP contribution in [0.4, 0.5) is 0 Å². The van der Waals surface area contributed by atoms with E-state index in [1.165, 1.54) is 25.8 Å². The second kappa shape index (κ2) is 8.01. The second-order valence-corrected chi connectivity index (χ2v) is 7.40. The van der Waals surface area contributed by atoms with Gasteiger partial charge in [-0.1, -0.05) is 6.42 Å². The molecule has 0 saturated heterocycles. The molecule has 120 valence electrons. The summed E-state index contributed by atoms with van der Waals surface area (Å²) in [5, 5.41) is 3.96. The van der Waals surface area contributed by atoms with E-state index in [0.29, 0.717) is 13.2 Å². The Morgan fingerprint density at radius 3 is 2.71 bits per heavy atom. The number of hydrogen-bond acceptors (Lipinski definition) is 4. The highest BCUT2D eigenvalue weighted by atomic mass is 32.1. The Bertz CT molecular complexity index is 414. The zero-order chi connectivity index (χ0) is 15.1. The smallest absolute Gasteiger partial charge is 0.172 e. The molecule has 0 fully saturated rings. The molecular formula is C16H28NO3S+. The third-order valence-corrected chi connectivity index (χ3v) is 4.18. The number of unbranched alkanes of at least 4 members (excludes halogenated alkanes) is 3. The normalized spacial score (nSPS) is 18.0. The van der Waals surface area contributed by atoms with Crippen molar-refractivity contribution in [2.75, 3.05) is 47.5 Å². The highest BCUT2D eigenvalue weighted by Crippen LogP contribution is 2.35. The van der Waals surface area contributed by atoms with Gasteiger partial charge in [-0.3, -0.25) is 0 Å². The summed E-state index contributed by atoms with van der Waals surface area (Å²) in [5.41, 5.74) is 0. The Morgan fingerprint density at radius 2 is 1.90 bits per heavy atom. The van der Waals surface area contributed by atoms with Gasteiger partial charge in [-0.2, -0.15) is 0 Å². The summed E-state index contributed by atoms with van der Waals surface area (Å²) in [6, 6.07) is 0. The number of nitrogens with zero attached hydrogens (tertiary/aromatic N) is 1. The van der Waals surface area contributed by atoms with Crippen LogP contribution in [0.5, 0.6) is 11.5 Å². The summed E-state index contributed by atoms with van der Waals surface area (Å²) in [6.07, 6.45) is 5.00. The number of rotatable bonds is 9. The minimum absolute atomic E-state index is 0.0327. The molecule has 0 aromatic carbocycles. The zero-order valence-corrected chi connectivity index (χ0v) is 14.3. The maximum atomic E-state index is 5.81. The molecule has 0 radical (unpaired) electrons. The summed E-state index contributed by atoms with van der Waals surface area (Å²) >= 11 is 1.61. The van der Waals surface area contributed by atoms with Crippen LogP contribution < -0.4 is 9.47 Å². The van der Waals surface area contributed by atoms with Gasteiger partial charge in [0.25, 0.3) is 0 Å². The molecule has 1 unspecified atom stereocenters. The van der Waals surface area contributed by atoms with Crippen LogP contribution >= 0.6 is 11.3 Å². The first-order valence-corrected chi connectivity index (χ1v) is 8.73. The van der Waals surface area contributed by atoms with E-state index >= 15 is 0 Å². The van der Waals surface area contributed by atoms with Crippen molar-refractivity contribution in [3.63, 3.8) is 0 Å². The molecule has 1 aromatic heterocycles. The summed E-state index contributed by atoms with van der Waals surface area (Å²) in [7, 11) is 6.73. The lowest BCUT2D eigenvalue weighted by atomic mass is 10.2. The molecule has 0 spiro atoms. The first-order chi connectivity index (χ1) is 10.0. The van der Waals surface area contributed by atoms with Gasteiger partial charge in [0.1, 0.15) is 6.61 Å². The summed E-state index contributed by atoms with van der Waals surface area (Å²) in [6.45, 7) is 3.28. The van der Waals surface area contributed by atoms with Crippen LogP contribution in [0, 0.1) is 0 Å². The van der Waals surface area contributed by atoms with Crippen molar-refractivity contribution >= 4 is 11.3 Å². The lowest BCUT2D eigenvalue weighted by Gasteiger charge is -2.24. The Kier molecular flexibility index (Phi) is 6.33. The standard InChI is InChI=1S/C16H28NO3S/c1-17(2,3)8-6-4-5-7-9-18-10-14-11-19-15-12-21-13-16(15)20-14/h12-14H,4-11H2,1-3H3/q+1. The molecule has 0 bridgehead atoms. The van der Waals surface area contributed by atoms with E-state index in [2.05, 4.69) is 21.1 Å². The summed E-state index contributed by atoms with van der Waals surface area (Å²) in [4.78, 5) is 0. The van der Waals surface area contributed by atoms with Gasteiger partial charge in [-0.05, 0) is 19.3 Å². The Labute approximate surface area is 132 Å². The maximum absolute atomic E-state index is 5.81. The molecule has 4 nitrogen and oxygen atoms in total. The Hall–Kier alpha value is -0.780. The fourth-order valence-corrected chi connectivity index (χ4v) is 2.97. The molecule has 1 atom stereocenters. The molecule has 0 N–H and O–H groups in total. The average Bonchev–Trinajstić information content (AvgIpc) is 2.88. The van der Waals surface area contributed by atoms with Crippen LogP contribution in [0.25, 0.3) is 0 Å². The predicted molar refractivity (Wildman–Crippen MR) is 86.4 cm³/mol. The number of fused-ring (bicyclic) bond motifs is 1. The van der Waals surface area contributed by atoms with E-state index in [1.54, 1.807) is 11.3 Å². The fraction of sp³-hybridized carbons (Fsp3) is 0.750. The fourth-order valence-electron chi connectivity index (χ4n) is 2.30. The molecule has 1 aliphatic heterocycles. The van der Waals surface area contributed by atoms with Gasteiger partial charge in [0, 0.05) is 17.4 Å². The van der Waals surface area contributed by atoms with Crippen molar-refractivity contribution in [3.05, 3.63) is 10.8 Å². The molecular weight excluding hydrogens is 286 g/mol. The predicted octanol–water partition coefficient (Wildman–Crippen LogP) is 3.17. The second-order valence-electron chi connectivity index (χ2n) is 6.65. The van der Waals surface area contributed by atoms with E-state index in [1.807, 2.05) is 10.8 Å².